The number of likely N-dealkylation sites (N-methyl/N-ethyl adjacent to an activating group) is 3. The summed E-state index contributed by atoms with van der Waals surface area (Å²) >= 11 is 0. The average molecular weight is 393 g/mol. The minimum absolute atomic E-state index is 0.528. The molecule has 12 heteroatoms. The zero-order chi connectivity index (χ0) is 21.0. The molecule has 0 bridgehead atoms. The molecule has 0 aromatic heterocycles. The molecule has 0 radical (unpaired) electrons. The van der Waals surface area contributed by atoms with E-state index >= 15 is 0 Å². The van der Waals surface area contributed by atoms with E-state index in [-0.39, 0.29) is 0 Å². The summed E-state index contributed by atoms with van der Waals surface area (Å²) in [6.07, 6.45) is -4.46. The minimum atomic E-state index is -1.49. The van der Waals surface area contributed by atoms with E-state index < -0.39 is 74.0 Å². The lowest BCUT2D eigenvalue weighted by atomic mass is 9.77. The predicted molar refractivity (Wildman–Crippen MR) is 90.2 cm³/mol. The van der Waals surface area contributed by atoms with Gasteiger partial charge in [0.15, 0.2) is 0 Å². The van der Waals surface area contributed by atoms with Crippen LogP contribution in [0.3, 0.4) is 0 Å². The van der Waals surface area contributed by atoms with E-state index in [0.717, 1.165) is 0 Å². The van der Waals surface area contributed by atoms with Gasteiger partial charge >= 0.3 is 17.9 Å². The molecule has 1 aliphatic rings. The van der Waals surface area contributed by atoms with Crippen LogP contribution in [0.5, 0.6) is 0 Å². The van der Waals surface area contributed by atoms with Crippen molar-refractivity contribution in [3.63, 3.8) is 0 Å². The molecule has 0 heterocycles. The maximum absolute atomic E-state index is 11.0. The van der Waals surface area contributed by atoms with Gasteiger partial charge in [-0.05, 0) is 21.1 Å². The third-order valence-electron chi connectivity index (χ3n) is 4.78. The van der Waals surface area contributed by atoms with Crippen molar-refractivity contribution in [1.29, 1.82) is 0 Å². The zero-order valence-corrected chi connectivity index (χ0v) is 15.3. The second kappa shape index (κ2) is 9.39. The van der Waals surface area contributed by atoms with Crippen LogP contribution in [0.2, 0.25) is 0 Å². The van der Waals surface area contributed by atoms with Gasteiger partial charge in [-0.15, -0.1) is 0 Å². The van der Waals surface area contributed by atoms with E-state index in [0.29, 0.717) is 0 Å². The molecule has 1 saturated carbocycles. The number of aliphatic hydroxyl groups excluding tert-OH is 3. The molecule has 0 atom stereocenters. The standard InChI is InChI=1S/C15H27N3O9/c1-16(4-7(19)20)10-13(25)11(17(2)5-8(21)22)15(27)12(14(10)26)18(3)6-9(23)24/h10-15,25-27H,4-6H2,1-3H3,(H,19,20)(H,21,22)(H,23,24). The van der Waals surface area contributed by atoms with E-state index in [1.54, 1.807) is 0 Å². The molecule has 0 aromatic rings. The van der Waals surface area contributed by atoms with Crippen molar-refractivity contribution in [2.45, 2.75) is 36.4 Å². The number of carbonyl (C=O) groups is 3. The zero-order valence-electron chi connectivity index (χ0n) is 15.3. The molecule has 0 saturated heterocycles. The van der Waals surface area contributed by atoms with Crippen molar-refractivity contribution in [1.82, 2.24) is 14.7 Å². The Balaban J connectivity index is 3.28. The second-order valence-electron chi connectivity index (χ2n) is 6.87. The van der Waals surface area contributed by atoms with Crippen molar-refractivity contribution in [2.75, 3.05) is 40.8 Å². The van der Waals surface area contributed by atoms with Gasteiger partial charge in [0.25, 0.3) is 0 Å². The number of hydrogen-bond acceptors (Lipinski definition) is 9. The Morgan fingerprint density at radius 3 is 0.926 bits per heavy atom. The maximum atomic E-state index is 11.0. The third-order valence-corrected chi connectivity index (χ3v) is 4.78. The van der Waals surface area contributed by atoms with E-state index in [1.165, 1.54) is 35.8 Å². The molecule has 0 amide bonds. The van der Waals surface area contributed by atoms with E-state index in [1.807, 2.05) is 0 Å². The van der Waals surface area contributed by atoms with E-state index in [9.17, 15) is 29.7 Å². The number of carboxylic acids is 3. The first-order valence-corrected chi connectivity index (χ1v) is 8.18. The molecule has 6 N–H and O–H groups in total. The van der Waals surface area contributed by atoms with Gasteiger partial charge < -0.3 is 30.6 Å². The first kappa shape index (κ1) is 23.2. The Labute approximate surface area is 155 Å². The minimum Gasteiger partial charge on any atom is -0.480 e. The van der Waals surface area contributed by atoms with E-state index in [4.69, 9.17) is 15.3 Å². The Bertz CT molecular complexity index is 473. The van der Waals surface area contributed by atoms with Gasteiger partial charge in [0.05, 0.1) is 56.1 Å². The van der Waals surface area contributed by atoms with Crippen LogP contribution in [0.4, 0.5) is 0 Å². The highest BCUT2D eigenvalue weighted by Crippen LogP contribution is 2.30. The quantitative estimate of drug-likeness (QED) is 0.225. The van der Waals surface area contributed by atoms with Crippen molar-refractivity contribution in [2.24, 2.45) is 0 Å². The molecule has 156 valence electrons. The highest BCUT2D eigenvalue weighted by atomic mass is 16.4. The van der Waals surface area contributed by atoms with Crippen molar-refractivity contribution in [3.8, 4) is 0 Å². The highest BCUT2D eigenvalue weighted by molar-refractivity contribution is 5.70. The largest absolute Gasteiger partial charge is 0.480 e. The topological polar surface area (TPSA) is 182 Å². The first-order valence-electron chi connectivity index (χ1n) is 8.18. The molecule has 0 spiro atoms. The van der Waals surface area contributed by atoms with Crippen LogP contribution in [-0.4, -0.2) is 140 Å². The first-order chi connectivity index (χ1) is 12.4. The van der Waals surface area contributed by atoms with Crippen LogP contribution >= 0.6 is 0 Å². The summed E-state index contributed by atoms with van der Waals surface area (Å²) in [5.41, 5.74) is 0. The van der Waals surface area contributed by atoms with E-state index in [2.05, 4.69) is 0 Å². The monoisotopic (exact) mass is 393 g/mol. The lowest BCUT2D eigenvalue weighted by molar-refractivity contribution is -0.176. The number of carboxylic acid groups (broad SMARTS) is 3. The second-order valence-corrected chi connectivity index (χ2v) is 6.87. The smallest absolute Gasteiger partial charge is 0.317 e. The van der Waals surface area contributed by atoms with Crippen molar-refractivity contribution >= 4 is 17.9 Å². The summed E-state index contributed by atoms with van der Waals surface area (Å²) in [6, 6.07) is -3.52. The molecule has 12 nitrogen and oxygen atoms in total. The van der Waals surface area contributed by atoms with Crippen LogP contribution in [-0.2, 0) is 14.4 Å². The summed E-state index contributed by atoms with van der Waals surface area (Å²) in [4.78, 5) is 36.6. The molecule has 27 heavy (non-hydrogen) atoms. The van der Waals surface area contributed by atoms with Gasteiger partial charge in [-0.1, -0.05) is 0 Å². The maximum Gasteiger partial charge on any atom is 0.317 e. The van der Waals surface area contributed by atoms with Gasteiger partial charge in [-0.25, -0.2) is 0 Å². The fourth-order valence-corrected chi connectivity index (χ4v) is 3.73. The van der Waals surface area contributed by atoms with Crippen LogP contribution in [0.1, 0.15) is 0 Å². The highest BCUT2D eigenvalue weighted by Gasteiger charge is 2.53. The summed E-state index contributed by atoms with van der Waals surface area (Å²) in [7, 11) is 4.06. The molecular weight excluding hydrogens is 366 g/mol. The van der Waals surface area contributed by atoms with Gasteiger partial charge in [0, 0.05) is 0 Å². The average Bonchev–Trinajstić information content (AvgIpc) is 2.43. The summed E-state index contributed by atoms with van der Waals surface area (Å²) < 4.78 is 0. The van der Waals surface area contributed by atoms with Gasteiger partial charge in [0.2, 0.25) is 0 Å². The Kier molecular flexibility index (Phi) is 8.07. The van der Waals surface area contributed by atoms with Crippen LogP contribution in [0.15, 0.2) is 0 Å². The molecule has 1 fully saturated rings. The van der Waals surface area contributed by atoms with Crippen LogP contribution in [0.25, 0.3) is 0 Å². The summed E-state index contributed by atoms with van der Waals surface area (Å²) in [5.74, 6) is -3.64. The molecular formula is C15H27N3O9. The fraction of sp³-hybridized carbons (Fsp3) is 0.800. The molecule has 0 unspecified atom stereocenters. The number of nitrogens with zero attached hydrogens (tertiary/aromatic N) is 3. The molecule has 0 aliphatic heterocycles. The Morgan fingerprint density at radius 1 is 0.593 bits per heavy atom. The molecule has 1 rings (SSSR count). The Hall–Kier alpha value is -1.83. The number of rotatable bonds is 9. The lowest BCUT2D eigenvalue weighted by Crippen LogP contribution is -2.74. The number of aliphatic hydroxyl groups is 3. The van der Waals surface area contributed by atoms with Gasteiger partial charge in [-0.3, -0.25) is 29.1 Å². The fourth-order valence-electron chi connectivity index (χ4n) is 3.73. The summed E-state index contributed by atoms with van der Waals surface area (Å²) in [5, 5.41) is 59.1. The van der Waals surface area contributed by atoms with Crippen LogP contribution < -0.4 is 0 Å². The summed E-state index contributed by atoms with van der Waals surface area (Å²) in [6.45, 7) is -1.58. The van der Waals surface area contributed by atoms with Crippen molar-refractivity contribution in [3.05, 3.63) is 0 Å². The normalized spacial score (nSPS) is 31.4. The predicted octanol–water partition coefficient (Wildman–Crippen LogP) is -3.76. The van der Waals surface area contributed by atoms with Crippen molar-refractivity contribution < 1.29 is 45.0 Å². The number of aliphatic carboxylic acids is 3. The lowest BCUT2D eigenvalue weighted by Gasteiger charge is -2.52. The Morgan fingerprint density at radius 2 is 0.778 bits per heavy atom. The van der Waals surface area contributed by atoms with Crippen LogP contribution in [0, 0.1) is 0 Å². The SMILES string of the molecule is CN(CC(=O)O)C1C(O)C(N(C)CC(=O)O)C(O)C(N(C)CC(=O)O)C1O. The van der Waals surface area contributed by atoms with Gasteiger partial charge in [0.1, 0.15) is 0 Å². The number of hydrogen-bond donors (Lipinski definition) is 6. The van der Waals surface area contributed by atoms with Gasteiger partial charge in [-0.2, -0.15) is 0 Å². The third kappa shape index (κ3) is 5.57. The molecule has 0 aromatic carbocycles. The molecule has 1 aliphatic carbocycles.